The van der Waals surface area contributed by atoms with E-state index in [-0.39, 0.29) is 47.2 Å². The van der Waals surface area contributed by atoms with Crippen LogP contribution in [0.25, 0.3) is 0 Å². The minimum absolute atomic E-state index is 0. The summed E-state index contributed by atoms with van der Waals surface area (Å²) in [4.78, 5) is 4.24. The fourth-order valence-corrected chi connectivity index (χ4v) is 1.59. The number of nitrogens with zero attached hydrogens (tertiary/aromatic N) is 1. The first-order valence-corrected chi connectivity index (χ1v) is 6.81. The van der Waals surface area contributed by atoms with E-state index in [1.807, 2.05) is 27.7 Å². The first-order valence-electron chi connectivity index (χ1n) is 6.81. The van der Waals surface area contributed by atoms with Crippen LogP contribution in [0.4, 0.5) is 4.39 Å². The molecule has 0 aliphatic rings. The van der Waals surface area contributed by atoms with Crippen LogP contribution in [0.1, 0.15) is 34.1 Å². The van der Waals surface area contributed by atoms with Crippen molar-refractivity contribution in [3.63, 3.8) is 0 Å². The van der Waals surface area contributed by atoms with Gasteiger partial charge >= 0.3 is 0 Å². The Bertz CT molecular complexity index is 460. The van der Waals surface area contributed by atoms with Crippen molar-refractivity contribution in [3.8, 4) is 5.75 Å². The zero-order valence-corrected chi connectivity index (χ0v) is 15.4. The molecular weight excluding hydrogens is 384 g/mol. The molecule has 0 amide bonds. The molecule has 1 aromatic carbocycles. The SMILES string of the molecule is CCC(CN=C(N)NC(C)(C)C)Oc1ccccc1F.I. The topological polar surface area (TPSA) is 59.6 Å². The summed E-state index contributed by atoms with van der Waals surface area (Å²) in [5.74, 6) is 0.251. The molecule has 120 valence electrons. The highest BCUT2D eigenvalue weighted by atomic mass is 127. The Kier molecular flexibility index (Phi) is 8.61. The minimum atomic E-state index is -0.365. The summed E-state index contributed by atoms with van der Waals surface area (Å²) in [6, 6.07) is 6.36. The lowest BCUT2D eigenvalue weighted by Crippen LogP contribution is -2.45. The Morgan fingerprint density at radius 2 is 2.00 bits per heavy atom. The van der Waals surface area contributed by atoms with E-state index in [9.17, 15) is 4.39 Å². The predicted molar refractivity (Wildman–Crippen MR) is 95.9 cm³/mol. The van der Waals surface area contributed by atoms with Gasteiger partial charge in [0, 0.05) is 5.54 Å². The van der Waals surface area contributed by atoms with E-state index in [0.717, 1.165) is 6.42 Å². The first-order chi connectivity index (χ1) is 9.31. The monoisotopic (exact) mass is 409 g/mol. The highest BCUT2D eigenvalue weighted by molar-refractivity contribution is 14.0. The molecule has 21 heavy (non-hydrogen) atoms. The van der Waals surface area contributed by atoms with Crippen molar-refractivity contribution in [3.05, 3.63) is 30.1 Å². The van der Waals surface area contributed by atoms with Gasteiger partial charge in [-0.1, -0.05) is 19.1 Å². The predicted octanol–water partition coefficient (Wildman–Crippen LogP) is 3.30. The second-order valence-electron chi connectivity index (χ2n) is 5.68. The van der Waals surface area contributed by atoms with Crippen LogP contribution in [0.3, 0.4) is 0 Å². The number of aliphatic imine (C=N–C) groups is 1. The first kappa shape index (κ1) is 19.9. The number of benzene rings is 1. The van der Waals surface area contributed by atoms with E-state index in [1.54, 1.807) is 18.2 Å². The van der Waals surface area contributed by atoms with Crippen LogP contribution < -0.4 is 15.8 Å². The maximum absolute atomic E-state index is 13.5. The molecule has 0 bridgehead atoms. The van der Waals surface area contributed by atoms with Crippen molar-refractivity contribution >= 4 is 29.9 Å². The van der Waals surface area contributed by atoms with Gasteiger partial charge in [0.25, 0.3) is 0 Å². The fourth-order valence-electron chi connectivity index (χ4n) is 1.59. The van der Waals surface area contributed by atoms with E-state index in [0.29, 0.717) is 12.5 Å². The highest BCUT2D eigenvalue weighted by Crippen LogP contribution is 2.18. The van der Waals surface area contributed by atoms with Gasteiger partial charge in [-0.05, 0) is 39.3 Å². The quantitative estimate of drug-likeness (QED) is 0.446. The summed E-state index contributed by atoms with van der Waals surface area (Å²) in [6.45, 7) is 8.36. The van der Waals surface area contributed by atoms with Crippen molar-refractivity contribution in [2.24, 2.45) is 10.7 Å². The number of ether oxygens (including phenoxy) is 1. The van der Waals surface area contributed by atoms with Crippen LogP contribution in [0, 0.1) is 5.82 Å². The third-order valence-corrected chi connectivity index (χ3v) is 2.55. The molecule has 0 spiro atoms. The average molecular weight is 409 g/mol. The molecule has 1 unspecified atom stereocenters. The summed E-state index contributed by atoms with van der Waals surface area (Å²) in [5.41, 5.74) is 5.66. The third-order valence-electron chi connectivity index (χ3n) is 2.55. The van der Waals surface area contributed by atoms with Gasteiger partial charge in [-0.15, -0.1) is 24.0 Å². The van der Waals surface area contributed by atoms with E-state index in [4.69, 9.17) is 10.5 Å². The van der Waals surface area contributed by atoms with Crippen molar-refractivity contribution < 1.29 is 9.13 Å². The van der Waals surface area contributed by atoms with Gasteiger partial charge in [-0.3, -0.25) is 0 Å². The van der Waals surface area contributed by atoms with Crippen LogP contribution in [-0.2, 0) is 0 Å². The number of guanidine groups is 1. The van der Waals surface area contributed by atoms with Crippen LogP contribution in [-0.4, -0.2) is 24.1 Å². The van der Waals surface area contributed by atoms with Gasteiger partial charge in [0.1, 0.15) is 6.10 Å². The lowest BCUT2D eigenvalue weighted by molar-refractivity contribution is 0.196. The number of hydrogen-bond donors (Lipinski definition) is 2. The summed E-state index contributed by atoms with van der Waals surface area (Å²) < 4.78 is 19.1. The molecule has 0 aliphatic heterocycles. The number of nitrogens with one attached hydrogen (secondary N) is 1. The largest absolute Gasteiger partial charge is 0.485 e. The van der Waals surface area contributed by atoms with Crippen LogP contribution >= 0.6 is 24.0 Å². The van der Waals surface area contributed by atoms with Crippen molar-refractivity contribution in [1.29, 1.82) is 0 Å². The molecule has 0 radical (unpaired) electrons. The molecule has 1 aromatic rings. The van der Waals surface area contributed by atoms with E-state index in [2.05, 4.69) is 10.3 Å². The van der Waals surface area contributed by atoms with Gasteiger partial charge in [-0.25, -0.2) is 9.38 Å². The van der Waals surface area contributed by atoms with E-state index < -0.39 is 0 Å². The number of halogens is 2. The maximum atomic E-state index is 13.5. The molecule has 1 rings (SSSR count). The van der Waals surface area contributed by atoms with Gasteiger partial charge in [0.2, 0.25) is 0 Å². The molecule has 0 aliphatic carbocycles. The van der Waals surface area contributed by atoms with Crippen LogP contribution in [0.5, 0.6) is 5.75 Å². The minimum Gasteiger partial charge on any atom is -0.485 e. The van der Waals surface area contributed by atoms with Crippen molar-refractivity contribution in [2.75, 3.05) is 6.54 Å². The Morgan fingerprint density at radius 1 is 1.38 bits per heavy atom. The third kappa shape index (κ3) is 8.08. The standard InChI is InChI=1S/C15H24FN3O.HI/c1-5-11(10-18-14(17)19-15(2,3)4)20-13-9-7-6-8-12(13)16;/h6-9,11H,5,10H2,1-4H3,(H3,17,18,19);1H. The highest BCUT2D eigenvalue weighted by Gasteiger charge is 2.13. The maximum Gasteiger partial charge on any atom is 0.189 e. The van der Waals surface area contributed by atoms with Gasteiger partial charge < -0.3 is 15.8 Å². The lowest BCUT2D eigenvalue weighted by Gasteiger charge is -2.22. The second kappa shape index (κ2) is 9.07. The molecule has 0 aromatic heterocycles. The molecule has 0 fully saturated rings. The fraction of sp³-hybridized carbons (Fsp3) is 0.533. The second-order valence-corrected chi connectivity index (χ2v) is 5.68. The summed E-state index contributed by atoms with van der Waals surface area (Å²) in [7, 11) is 0. The van der Waals surface area contributed by atoms with E-state index in [1.165, 1.54) is 6.07 Å². The number of rotatable bonds is 5. The lowest BCUT2D eigenvalue weighted by atomic mass is 10.1. The normalized spacial score (nSPS) is 13.3. The molecule has 1 atom stereocenters. The number of nitrogens with two attached hydrogens (primary N) is 1. The Labute approximate surface area is 143 Å². The van der Waals surface area contributed by atoms with Gasteiger partial charge in [-0.2, -0.15) is 0 Å². The molecule has 0 saturated heterocycles. The van der Waals surface area contributed by atoms with Crippen molar-refractivity contribution in [2.45, 2.75) is 45.8 Å². The number of hydrogen-bond acceptors (Lipinski definition) is 2. The molecule has 6 heteroatoms. The van der Waals surface area contributed by atoms with Gasteiger partial charge in [0.05, 0.1) is 6.54 Å². The summed E-state index contributed by atoms with van der Waals surface area (Å²) >= 11 is 0. The molecule has 0 saturated carbocycles. The molecule has 0 heterocycles. The molecule has 3 N–H and O–H groups in total. The molecule has 4 nitrogen and oxygen atoms in total. The Hall–Kier alpha value is -1.05. The van der Waals surface area contributed by atoms with Gasteiger partial charge in [0.15, 0.2) is 17.5 Å². The van der Waals surface area contributed by atoms with Crippen LogP contribution in [0.15, 0.2) is 29.3 Å². The Balaban J connectivity index is 0.00000400. The summed E-state index contributed by atoms with van der Waals surface area (Å²) in [5, 5.41) is 3.07. The zero-order valence-electron chi connectivity index (χ0n) is 13.0. The Morgan fingerprint density at radius 3 is 2.52 bits per heavy atom. The van der Waals surface area contributed by atoms with Crippen LogP contribution in [0.2, 0.25) is 0 Å². The summed E-state index contributed by atoms with van der Waals surface area (Å²) in [6.07, 6.45) is 0.521. The smallest absolute Gasteiger partial charge is 0.189 e. The zero-order chi connectivity index (χ0) is 15.2. The molecular formula is C15H25FIN3O. The van der Waals surface area contributed by atoms with E-state index >= 15 is 0 Å². The number of para-hydroxylation sites is 1. The average Bonchev–Trinajstić information content (AvgIpc) is 2.34. The van der Waals surface area contributed by atoms with Crippen molar-refractivity contribution in [1.82, 2.24) is 5.32 Å².